The molecule has 1 atom stereocenters. The van der Waals surface area contributed by atoms with Gasteiger partial charge in [-0.05, 0) is 54.2 Å². The van der Waals surface area contributed by atoms with Gasteiger partial charge in [0.05, 0.1) is 6.26 Å². The van der Waals surface area contributed by atoms with Crippen LogP contribution >= 0.6 is 0 Å². The van der Waals surface area contributed by atoms with Gasteiger partial charge in [-0.1, -0.05) is 52.0 Å². The molecule has 0 aliphatic heterocycles. The van der Waals surface area contributed by atoms with Gasteiger partial charge >= 0.3 is 10.1 Å². The summed E-state index contributed by atoms with van der Waals surface area (Å²) in [5.74, 6) is 0.242. The predicted molar refractivity (Wildman–Crippen MR) is 117 cm³/mol. The third-order valence-corrected chi connectivity index (χ3v) is 5.40. The third-order valence-electron chi connectivity index (χ3n) is 4.91. The number of carbonyl (C=O) groups excluding carboxylic acids is 1. The third kappa shape index (κ3) is 6.60. The van der Waals surface area contributed by atoms with E-state index in [0.29, 0.717) is 12.1 Å². The molecule has 2 aromatic carbocycles. The second-order valence-electron chi connectivity index (χ2n) is 8.45. The Morgan fingerprint density at radius 1 is 1.03 bits per heavy atom. The lowest BCUT2D eigenvalue weighted by molar-refractivity contribution is 0.0671. The monoisotopic (exact) mass is 417 g/mol. The largest absolute Gasteiger partial charge is 0.383 e. The average Bonchev–Trinajstić information content (AvgIpc) is 2.64. The van der Waals surface area contributed by atoms with Gasteiger partial charge in [0, 0.05) is 18.2 Å². The van der Waals surface area contributed by atoms with E-state index in [-0.39, 0.29) is 23.1 Å². The van der Waals surface area contributed by atoms with Crippen LogP contribution < -0.4 is 4.18 Å². The summed E-state index contributed by atoms with van der Waals surface area (Å²) in [5.41, 5.74) is 2.79. The van der Waals surface area contributed by atoms with E-state index >= 15 is 0 Å². The van der Waals surface area contributed by atoms with E-state index in [9.17, 15) is 13.2 Å². The van der Waals surface area contributed by atoms with E-state index in [1.165, 1.54) is 5.56 Å². The summed E-state index contributed by atoms with van der Waals surface area (Å²) in [4.78, 5) is 15.0. The SMILES string of the molecule is CCC(C)N(Cc1ccc(OS(C)(=O)=O)cc1)C(=O)c1ccc(C(C)(C)C)cc1. The van der Waals surface area contributed by atoms with Gasteiger partial charge in [0.15, 0.2) is 0 Å². The Balaban J connectivity index is 2.22. The lowest BCUT2D eigenvalue weighted by atomic mass is 9.86. The highest BCUT2D eigenvalue weighted by atomic mass is 32.2. The molecule has 0 aliphatic rings. The Bertz CT molecular complexity index is 926. The summed E-state index contributed by atoms with van der Waals surface area (Å²) in [6, 6.07) is 14.7. The van der Waals surface area contributed by atoms with Crippen LogP contribution in [0.5, 0.6) is 5.75 Å². The molecular weight excluding hydrogens is 386 g/mol. The molecule has 2 aromatic rings. The Hall–Kier alpha value is -2.34. The Kier molecular flexibility index (Phi) is 7.11. The second kappa shape index (κ2) is 8.99. The van der Waals surface area contributed by atoms with Crippen LogP contribution in [0.1, 0.15) is 62.5 Å². The first kappa shape index (κ1) is 22.9. The highest BCUT2D eigenvalue weighted by Crippen LogP contribution is 2.24. The van der Waals surface area contributed by atoms with Gasteiger partial charge in [-0.2, -0.15) is 8.42 Å². The molecule has 29 heavy (non-hydrogen) atoms. The molecule has 0 saturated carbocycles. The maximum absolute atomic E-state index is 13.2. The van der Waals surface area contributed by atoms with E-state index in [4.69, 9.17) is 4.18 Å². The van der Waals surface area contributed by atoms with E-state index in [1.54, 1.807) is 24.3 Å². The quantitative estimate of drug-likeness (QED) is 0.609. The number of hydrogen-bond donors (Lipinski definition) is 0. The van der Waals surface area contributed by atoms with Crippen molar-refractivity contribution < 1.29 is 17.4 Å². The summed E-state index contributed by atoms with van der Waals surface area (Å²) >= 11 is 0. The van der Waals surface area contributed by atoms with Gasteiger partial charge in [-0.25, -0.2) is 0 Å². The minimum Gasteiger partial charge on any atom is -0.383 e. The van der Waals surface area contributed by atoms with E-state index in [1.807, 2.05) is 36.1 Å². The number of benzene rings is 2. The van der Waals surface area contributed by atoms with Gasteiger partial charge in [0.2, 0.25) is 0 Å². The molecule has 0 bridgehead atoms. The first-order valence-corrected chi connectivity index (χ1v) is 11.6. The lowest BCUT2D eigenvalue weighted by Crippen LogP contribution is -2.37. The summed E-state index contributed by atoms with van der Waals surface area (Å²) in [6.45, 7) is 11.0. The van der Waals surface area contributed by atoms with Crippen molar-refractivity contribution in [2.24, 2.45) is 0 Å². The fourth-order valence-electron chi connectivity index (χ4n) is 2.95. The Morgan fingerprint density at radius 2 is 1.59 bits per heavy atom. The standard InChI is InChI=1S/C23H31NO4S/c1-7-17(2)24(16-18-8-14-21(15-9-18)28-29(6,26)27)22(25)19-10-12-20(13-11-19)23(3,4)5/h8-15,17H,7,16H2,1-6H3. The number of nitrogens with zero attached hydrogens (tertiary/aromatic N) is 1. The highest BCUT2D eigenvalue weighted by molar-refractivity contribution is 7.86. The Morgan fingerprint density at radius 3 is 2.03 bits per heavy atom. The molecule has 0 aromatic heterocycles. The minimum atomic E-state index is -3.56. The van der Waals surface area contributed by atoms with Crippen molar-refractivity contribution in [3.05, 3.63) is 65.2 Å². The average molecular weight is 418 g/mol. The molecule has 158 valence electrons. The van der Waals surface area contributed by atoms with Crippen LogP contribution in [0.15, 0.2) is 48.5 Å². The van der Waals surface area contributed by atoms with Gasteiger partial charge < -0.3 is 9.08 Å². The zero-order valence-corrected chi connectivity index (χ0v) is 18.9. The molecular formula is C23H31NO4S. The van der Waals surface area contributed by atoms with E-state index in [2.05, 4.69) is 27.7 Å². The highest BCUT2D eigenvalue weighted by Gasteiger charge is 2.22. The lowest BCUT2D eigenvalue weighted by Gasteiger charge is -2.29. The van der Waals surface area contributed by atoms with Gasteiger partial charge in [-0.15, -0.1) is 0 Å². The molecule has 2 rings (SSSR count). The smallest absolute Gasteiger partial charge is 0.306 e. The van der Waals surface area contributed by atoms with Gasteiger partial charge in [-0.3, -0.25) is 4.79 Å². The fourth-order valence-corrected chi connectivity index (χ4v) is 3.41. The predicted octanol–water partition coefficient (Wildman–Crippen LogP) is 4.76. The molecule has 0 heterocycles. The maximum Gasteiger partial charge on any atom is 0.306 e. The van der Waals surface area contributed by atoms with E-state index in [0.717, 1.165) is 18.2 Å². The van der Waals surface area contributed by atoms with Crippen LogP contribution in [0, 0.1) is 0 Å². The van der Waals surface area contributed by atoms with Crippen LogP contribution in [-0.4, -0.2) is 31.5 Å². The molecule has 6 heteroatoms. The number of hydrogen-bond acceptors (Lipinski definition) is 4. The molecule has 0 saturated heterocycles. The second-order valence-corrected chi connectivity index (χ2v) is 10.0. The zero-order chi connectivity index (χ0) is 21.8. The van der Waals surface area contributed by atoms with Crippen LogP contribution in [0.4, 0.5) is 0 Å². The van der Waals surface area contributed by atoms with Crippen molar-refractivity contribution in [1.82, 2.24) is 4.90 Å². The summed E-state index contributed by atoms with van der Waals surface area (Å²) < 4.78 is 27.4. The zero-order valence-electron chi connectivity index (χ0n) is 18.1. The van der Waals surface area contributed by atoms with Crippen molar-refractivity contribution in [1.29, 1.82) is 0 Å². The first-order valence-electron chi connectivity index (χ1n) is 9.80. The normalized spacial score (nSPS) is 13.0. The van der Waals surface area contributed by atoms with Crippen molar-refractivity contribution in [2.45, 2.75) is 59.0 Å². The van der Waals surface area contributed by atoms with Crippen LogP contribution in [0.25, 0.3) is 0 Å². The molecule has 0 aliphatic carbocycles. The number of rotatable bonds is 7. The van der Waals surface area contributed by atoms with Crippen molar-refractivity contribution in [3.63, 3.8) is 0 Å². The topological polar surface area (TPSA) is 63.7 Å². The molecule has 1 unspecified atom stereocenters. The molecule has 5 nitrogen and oxygen atoms in total. The van der Waals surface area contributed by atoms with Crippen molar-refractivity contribution in [3.8, 4) is 5.75 Å². The van der Waals surface area contributed by atoms with Crippen LogP contribution in [-0.2, 0) is 22.1 Å². The van der Waals surface area contributed by atoms with Crippen LogP contribution in [0.3, 0.4) is 0 Å². The Labute approximate surface area is 174 Å². The molecule has 0 spiro atoms. The molecule has 0 radical (unpaired) electrons. The summed E-state index contributed by atoms with van der Waals surface area (Å²) in [7, 11) is -3.56. The van der Waals surface area contributed by atoms with Gasteiger partial charge in [0.1, 0.15) is 5.75 Å². The minimum absolute atomic E-state index is 0.0173. The van der Waals surface area contributed by atoms with E-state index < -0.39 is 10.1 Å². The fraction of sp³-hybridized carbons (Fsp3) is 0.435. The first-order chi connectivity index (χ1) is 13.4. The number of amides is 1. The molecule has 0 fully saturated rings. The number of carbonyl (C=O) groups is 1. The molecule has 1 amide bonds. The summed E-state index contributed by atoms with van der Waals surface area (Å²) in [6.07, 6.45) is 1.84. The van der Waals surface area contributed by atoms with Crippen molar-refractivity contribution >= 4 is 16.0 Å². The van der Waals surface area contributed by atoms with Crippen molar-refractivity contribution in [2.75, 3.05) is 6.26 Å². The maximum atomic E-state index is 13.2. The van der Waals surface area contributed by atoms with Crippen LogP contribution in [0.2, 0.25) is 0 Å². The van der Waals surface area contributed by atoms with Gasteiger partial charge in [0.25, 0.3) is 5.91 Å². The summed E-state index contributed by atoms with van der Waals surface area (Å²) in [5, 5.41) is 0. The molecule has 0 N–H and O–H groups in total.